The number of carbonyl (C=O) groups is 4. The van der Waals surface area contributed by atoms with E-state index in [0.29, 0.717) is 38.3 Å². The molecule has 12 heteroatoms. The molecule has 1 aromatic heterocycles. The van der Waals surface area contributed by atoms with Gasteiger partial charge in [0, 0.05) is 19.6 Å². The van der Waals surface area contributed by atoms with Crippen molar-refractivity contribution in [2.24, 2.45) is 5.92 Å². The molecule has 1 aliphatic carbocycles. The largest absolute Gasteiger partial charge is 0.444 e. The maximum atomic E-state index is 13.9. The molecule has 1 fully saturated rings. The van der Waals surface area contributed by atoms with E-state index in [1.165, 1.54) is 43.2 Å². The Morgan fingerprint density at radius 3 is 2.19 bits per heavy atom. The molecule has 4 amide bonds. The number of nitrogens with zero attached hydrogens (tertiary/aromatic N) is 2. The van der Waals surface area contributed by atoms with Gasteiger partial charge in [0.1, 0.15) is 23.5 Å². The topological polar surface area (TPSA) is 153 Å². The number of aryl methyl sites for hydroxylation is 3. The molecule has 2 aromatic carbocycles. The van der Waals surface area contributed by atoms with Gasteiger partial charge < -0.3 is 35.3 Å². The SMILES string of the molecule is Cc1nc2ccccc2n1CCCCc1ccc(CC(=O)N[C@@H](COC(C)(C)C)C(=O)N[C@@H](CCCCNC(=O)OC(C)(C)C)C(=O)NCCC2CCCCC2)cc1. The minimum Gasteiger partial charge on any atom is -0.444 e. The normalized spacial score (nSPS) is 14.7. The van der Waals surface area contributed by atoms with Gasteiger partial charge in [-0.15, -0.1) is 0 Å². The van der Waals surface area contributed by atoms with Crippen molar-refractivity contribution in [3.05, 3.63) is 65.5 Å². The van der Waals surface area contributed by atoms with E-state index >= 15 is 0 Å². The molecule has 0 spiro atoms. The second-order valence-electron chi connectivity index (χ2n) is 17.9. The van der Waals surface area contributed by atoms with Crippen molar-refractivity contribution in [2.45, 2.75) is 162 Å². The summed E-state index contributed by atoms with van der Waals surface area (Å²) < 4.78 is 13.6. The van der Waals surface area contributed by atoms with Gasteiger partial charge in [0.15, 0.2) is 0 Å². The van der Waals surface area contributed by atoms with Gasteiger partial charge in [-0.3, -0.25) is 14.4 Å². The molecule has 1 saturated carbocycles. The molecule has 4 N–H and O–H groups in total. The van der Waals surface area contributed by atoms with Crippen LogP contribution in [0.3, 0.4) is 0 Å². The number of aromatic nitrogens is 2. The molecule has 4 rings (SSSR count). The number of hydrogen-bond acceptors (Lipinski definition) is 7. The Morgan fingerprint density at radius 1 is 0.776 bits per heavy atom. The number of amides is 4. The molecule has 0 saturated heterocycles. The van der Waals surface area contributed by atoms with E-state index in [0.717, 1.165) is 49.1 Å². The summed E-state index contributed by atoms with van der Waals surface area (Å²) in [7, 11) is 0. The number of rotatable bonds is 21. The second-order valence-corrected chi connectivity index (χ2v) is 17.9. The first kappa shape index (κ1) is 46.2. The molecule has 0 bridgehead atoms. The van der Waals surface area contributed by atoms with Gasteiger partial charge >= 0.3 is 6.09 Å². The quantitative estimate of drug-likeness (QED) is 0.0816. The highest BCUT2D eigenvalue weighted by atomic mass is 16.6. The number of alkyl carbamates (subject to hydrolysis) is 1. The molecule has 0 aliphatic heterocycles. The average Bonchev–Trinajstić information content (AvgIpc) is 3.48. The average molecular weight is 803 g/mol. The van der Waals surface area contributed by atoms with Crippen molar-refractivity contribution >= 4 is 34.8 Å². The summed E-state index contributed by atoms with van der Waals surface area (Å²) in [6.45, 7) is 14.9. The highest BCUT2D eigenvalue weighted by molar-refractivity contribution is 5.92. The van der Waals surface area contributed by atoms with E-state index in [2.05, 4.69) is 55.9 Å². The fraction of sp³-hybridized carbons (Fsp3) is 0.630. The summed E-state index contributed by atoms with van der Waals surface area (Å²) in [5, 5.41) is 11.6. The van der Waals surface area contributed by atoms with E-state index in [4.69, 9.17) is 9.47 Å². The third-order valence-electron chi connectivity index (χ3n) is 10.5. The lowest BCUT2D eigenvalue weighted by Crippen LogP contribution is -2.56. The van der Waals surface area contributed by atoms with Crippen LogP contribution in [0.1, 0.15) is 129 Å². The van der Waals surface area contributed by atoms with Crippen LogP contribution in [0.5, 0.6) is 0 Å². The zero-order valence-electron chi connectivity index (χ0n) is 36.2. The number of ether oxygens (including phenoxy) is 2. The number of fused-ring (bicyclic) bond motifs is 1. The third kappa shape index (κ3) is 16.8. The minimum absolute atomic E-state index is 0.0514. The molecule has 0 unspecified atom stereocenters. The summed E-state index contributed by atoms with van der Waals surface area (Å²) in [5.74, 6) is 0.591. The van der Waals surface area contributed by atoms with Gasteiger partial charge in [0.05, 0.1) is 29.7 Å². The number of imidazole rings is 1. The monoisotopic (exact) mass is 803 g/mol. The lowest BCUT2D eigenvalue weighted by atomic mass is 9.87. The van der Waals surface area contributed by atoms with Crippen molar-refractivity contribution in [3.63, 3.8) is 0 Å². The fourth-order valence-electron chi connectivity index (χ4n) is 7.37. The van der Waals surface area contributed by atoms with E-state index in [-0.39, 0.29) is 24.8 Å². The lowest BCUT2D eigenvalue weighted by Gasteiger charge is -2.27. The van der Waals surface area contributed by atoms with E-state index in [9.17, 15) is 19.2 Å². The van der Waals surface area contributed by atoms with Gasteiger partial charge in [0.25, 0.3) is 0 Å². The van der Waals surface area contributed by atoms with Crippen LogP contribution in [0.2, 0.25) is 0 Å². The summed E-state index contributed by atoms with van der Waals surface area (Å²) in [4.78, 5) is 57.6. The Bertz CT molecular complexity index is 1750. The standard InChI is InChI=1S/C46H70N6O6/c1-33-49-37-20-11-12-22-40(37)52(33)30-16-14-19-35-23-25-36(26-24-35)31-41(53)50-39(32-57-45(2,3)4)43(55)51-38(21-13-15-28-48-44(56)58-46(5,6)7)42(54)47-29-27-34-17-9-8-10-18-34/h11-12,20,22-26,34,38-39H,8-10,13-19,21,27-32H2,1-7H3,(H,47,54)(H,48,56)(H,50,53)(H,51,55)/t38-,39-/m0/s1. The highest BCUT2D eigenvalue weighted by Crippen LogP contribution is 2.26. The van der Waals surface area contributed by atoms with E-state index in [1.807, 2.05) is 71.9 Å². The van der Waals surface area contributed by atoms with Crippen LogP contribution >= 0.6 is 0 Å². The minimum atomic E-state index is -1.01. The molecule has 1 aliphatic rings. The maximum absolute atomic E-state index is 13.9. The Balaban J connectivity index is 1.31. The first-order valence-electron chi connectivity index (χ1n) is 21.5. The molecule has 320 valence electrons. The first-order chi connectivity index (χ1) is 27.6. The number of para-hydroxylation sites is 2. The van der Waals surface area contributed by atoms with E-state index < -0.39 is 35.3 Å². The zero-order chi connectivity index (χ0) is 42.1. The summed E-state index contributed by atoms with van der Waals surface area (Å²) in [5.41, 5.74) is 3.09. The summed E-state index contributed by atoms with van der Waals surface area (Å²) in [6.07, 6.45) is 11.1. The number of hydrogen-bond donors (Lipinski definition) is 4. The predicted octanol–water partition coefficient (Wildman–Crippen LogP) is 7.48. The summed E-state index contributed by atoms with van der Waals surface area (Å²) >= 11 is 0. The van der Waals surface area contributed by atoms with Gasteiger partial charge in [-0.05, 0) is 123 Å². The smallest absolute Gasteiger partial charge is 0.407 e. The highest BCUT2D eigenvalue weighted by Gasteiger charge is 2.29. The number of benzene rings is 2. The van der Waals surface area contributed by atoms with Crippen molar-refractivity contribution in [1.82, 2.24) is 30.8 Å². The van der Waals surface area contributed by atoms with Crippen LogP contribution < -0.4 is 21.3 Å². The molecule has 58 heavy (non-hydrogen) atoms. The zero-order valence-corrected chi connectivity index (χ0v) is 36.2. The van der Waals surface area contributed by atoms with Crippen molar-refractivity contribution < 1.29 is 28.7 Å². The Hall–Kier alpha value is -4.45. The second kappa shape index (κ2) is 22.6. The molecule has 0 radical (unpaired) electrons. The molecule has 2 atom stereocenters. The molecular formula is C46H70N6O6. The predicted molar refractivity (Wildman–Crippen MR) is 229 cm³/mol. The lowest BCUT2D eigenvalue weighted by molar-refractivity contribution is -0.134. The van der Waals surface area contributed by atoms with Crippen molar-refractivity contribution in [1.29, 1.82) is 0 Å². The molecule has 12 nitrogen and oxygen atoms in total. The van der Waals surface area contributed by atoms with Crippen LogP contribution in [-0.2, 0) is 43.2 Å². The van der Waals surface area contributed by atoms with Crippen LogP contribution in [0.25, 0.3) is 11.0 Å². The van der Waals surface area contributed by atoms with Crippen LogP contribution in [0, 0.1) is 12.8 Å². The fourth-order valence-corrected chi connectivity index (χ4v) is 7.37. The van der Waals surface area contributed by atoms with Gasteiger partial charge in [0.2, 0.25) is 17.7 Å². The Labute approximate surface area is 346 Å². The van der Waals surface area contributed by atoms with Crippen molar-refractivity contribution in [2.75, 3.05) is 19.7 Å². The molecule has 3 aromatic rings. The van der Waals surface area contributed by atoms with Gasteiger partial charge in [-0.1, -0.05) is 68.5 Å². The Kier molecular flexibility index (Phi) is 18.0. The van der Waals surface area contributed by atoms with Crippen LogP contribution in [-0.4, -0.2) is 76.3 Å². The Morgan fingerprint density at radius 2 is 1.48 bits per heavy atom. The molecular weight excluding hydrogens is 733 g/mol. The third-order valence-corrected chi connectivity index (χ3v) is 10.5. The van der Waals surface area contributed by atoms with Crippen LogP contribution in [0.4, 0.5) is 4.79 Å². The first-order valence-corrected chi connectivity index (χ1v) is 21.5. The maximum Gasteiger partial charge on any atom is 0.407 e. The number of unbranched alkanes of at least 4 members (excludes halogenated alkanes) is 2. The van der Waals surface area contributed by atoms with Crippen molar-refractivity contribution in [3.8, 4) is 0 Å². The summed E-state index contributed by atoms with van der Waals surface area (Å²) in [6, 6.07) is 14.5. The number of carbonyl (C=O) groups excluding carboxylic acids is 4. The van der Waals surface area contributed by atoms with E-state index in [1.54, 1.807) is 0 Å². The van der Waals surface area contributed by atoms with Gasteiger partial charge in [-0.25, -0.2) is 9.78 Å². The van der Waals surface area contributed by atoms with Crippen LogP contribution in [0.15, 0.2) is 48.5 Å². The molecule has 1 heterocycles. The van der Waals surface area contributed by atoms with Gasteiger partial charge in [-0.2, -0.15) is 0 Å². The number of nitrogens with one attached hydrogen (secondary N) is 4.